The SMILES string of the molecule is COc1ccc([C@H](O)CNC(=O)c2csc3c2CCCC3)cc1. The number of hydrogen-bond acceptors (Lipinski definition) is 4. The molecule has 2 aromatic rings. The van der Waals surface area contributed by atoms with Gasteiger partial charge in [0.15, 0.2) is 0 Å². The van der Waals surface area contributed by atoms with E-state index in [9.17, 15) is 9.90 Å². The van der Waals surface area contributed by atoms with E-state index in [0.29, 0.717) is 0 Å². The molecule has 1 aliphatic rings. The third-order valence-corrected chi connectivity index (χ3v) is 5.35. The Kier molecular flexibility index (Phi) is 4.98. The van der Waals surface area contributed by atoms with Gasteiger partial charge in [0.25, 0.3) is 5.91 Å². The van der Waals surface area contributed by atoms with Crippen molar-refractivity contribution >= 4 is 17.2 Å². The second-order valence-corrected chi connectivity index (χ2v) is 6.72. The highest BCUT2D eigenvalue weighted by atomic mass is 32.1. The molecular weight excluding hydrogens is 310 g/mol. The van der Waals surface area contributed by atoms with Gasteiger partial charge in [-0.05, 0) is 48.9 Å². The van der Waals surface area contributed by atoms with Crippen LogP contribution in [0.4, 0.5) is 0 Å². The molecule has 0 unspecified atom stereocenters. The predicted octanol–water partition coefficient (Wildman–Crippen LogP) is 3.10. The molecule has 1 aliphatic carbocycles. The first-order valence-corrected chi connectivity index (χ1v) is 8.76. The highest BCUT2D eigenvalue weighted by molar-refractivity contribution is 7.10. The predicted molar refractivity (Wildman–Crippen MR) is 91.2 cm³/mol. The van der Waals surface area contributed by atoms with Gasteiger partial charge in [0, 0.05) is 16.8 Å². The van der Waals surface area contributed by atoms with E-state index in [2.05, 4.69) is 5.32 Å². The minimum Gasteiger partial charge on any atom is -0.497 e. The maximum Gasteiger partial charge on any atom is 0.252 e. The van der Waals surface area contributed by atoms with E-state index < -0.39 is 6.10 Å². The zero-order valence-electron chi connectivity index (χ0n) is 13.2. The fourth-order valence-corrected chi connectivity index (χ4v) is 4.04. The van der Waals surface area contributed by atoms with E-state index in [1.54, 1.807) is 30.6 Å². The smallest absolute Gasteiger partial charge is 0.252 e. The molecule has 0 spiro atoms. The van der Waals surface area contributed by atoms with Crippen molar-refractivity contribution in [3.05, 3.63) is 51.2 Å². The molecular formula is C18H21NO3S. The number of aliphatic hydroxyl groups excluding tert-OH is 1. The first kappa shape index (κ1) is 16.0. The summed E-state index contributed by atoms with van der Waals surface area (Å²) in [5, 5.41) is 15.0. The van der Waals surface area contributed by atoms with Gasteiger partial charge in [-0.2, -0.15) is 0 Å². The van der Waals surface area contributed by atoms with Gasteiger partial charge in [-0.25, -0.2) is 0 Å². The number of carbonyl (C=O) groups excluding carboxylic acids is 1. The maximum atomic E-state index is 12.4. The number of aliphatic hydroxyl groups is 1. The molecule has 1 heterocycles. The molecule has 2 N–H and O–H groups in total. The highest BCUT2D eigenvalue weighted by Gasteiger charge is 2.20. The van der Waals surface area contributed by atoms with Crippen LogP contribution in [-0.4, -0.2) is 24.7 Å². The number of hydrogen-bond donors (Lipinski definition) is 2. The summed E-state index contributed by atoms with van der Waals surface area (Å²) in [6.07, 6.45) is 3.72. The average Bonchev–Trinajstić information content (AvgIpc) is 3.03. The quantitative estimate of drug-likeness (QED) is 0.885. The van der Waals surface area contributed by atoms with Gasteiger partial charge in [0.05, 0.1) is 18.8 Å². The van der Waals surface area contributed by atoms with Crippen LogP contribution in [-0.2, 0) is 12.8 Å². The van der Waals surface area contributed by atoms with Crippen molar-refractivity contribution in [1.29, 1.82) is 0 Å². The fourth-order valence-electron chi connectivity index (χ4n) is 2.91. The summed E-state index contributed by atoms with van der Waals surface area (Å²) in [6, 6.07) is 7.22. The zero-order valence-corrected chi connectivity index (χ0v) is 14.0. The normalized spacial score (nSPS) is 14.9. The van der Waals surface area contributed by atoms with Gasteiger partial charge < -0.3 is 15.2 Å². The second kappa shape index (κ2) is 7.15. The van der Waals surface area contributed by atoms with E-state index in [1.807, 2.05) is 17.5 Å². The van der Waals surface area contributed by atoms with Crippen molar-refractivity contribution < 1.29 is 14.6 Å². The molecule has 0 saturated heterocycles. The molecule has 3 rings (SSSR count). The van der Waals surface area contributed by atoms with Crippen molar-refractivity contribution in [3.63, 3.8) is 0 Å². The Morgan fingerprint density at radius 3 is 2.78 bits per heavy atom. The van der Waals surface area contributed by atoms with Gasteiger partial charge in [-0.15, -0.1) is 11.3 Å². The molecule has 4 nitrogen and oxygen atoms in total. The van der Waals surface area contributed by atoms with E-state index >= 15 is 0 Å². The number of methoxy groups -OCH3 is 1. The molecule has 0 aliphatic heterocycles. The second-order valence-electron chi connectivity index (χ2n) is 5.76. The molecule has 0 bridgehead atoms. The third-order valence-electron chi connectivity index (χ3n) is 4.26. The summed E-state index contributed by atoms with van der Waals surface area (Å²) < 4.78 is 5.10. The summed E-state index contributed by atoms with van der Waals surface area (Å²) in [5.41, 5.74) is 2.75. The largest absolute Gasteiger partial charge is 0.497 e. The lowest BCUT2D eigenvalue weighted by Gasteiger charge is -2.15. The van der Waals surface area contributed by atoms with E-state index in [-0.39, 0.29) is 12.5 Å². The lowest BCUT2D eigenvalue weighted by molar-refractivity contribution is 0.0915. The number of rotatable bonds is 5. The Hall–Kier alpha value is -1.85. The number of amides is 1. The number of carbonyl (C=O) groups is 1. The Balaban J connectivity index is 1.61. The lowest BCUT2D eigenvalue weighted by atomic mass is 9.95. The first-order chi connectivity index (χ1) is 11.2. The number of thiophene rings is 1. The molecule has 1 aromatic heterocycles. The highest BCUT2D eigenvalue weighted by Crippen LogP contribution is 2.30. The molecule has 5 heteroatoms. The summed E-state index contributed by atoms with van der Waals surface area (Å²) in [6.45, 7) is 0.204. The standard InChI is InChI=1S/C18H21NO3S/c1-22-13-8-6-12(7-9-13)16(20)10-19-18(21)15-11-23-17-5-3-2-4-14(15)17/h6-9,11,16,20H,2-5,10H2,1H3,(H,19,21)/t16-/m1/s1. The monoisotopic (exact) mass is 331 g/mol. The lowest BCUT2D eigenvalue weighted by Crippen LogP contribution is -2.29. The number of aryl methyl sites for hydroxylation is 1. The molecule has 0 radical (unpaired) electrons. The summed E-state index contributed by atoms with van der Waals surface area (Å²) in [5.74, 6) is 0.659. The van der Waals surface area contributed by atoms with E-state index in [1.165, 1.54) is 16.9 Å². The molecule has 0 fully saturated rings. The molecule has 122 valence electrons. The van der Waals surface area contributed by atoms with Crippen LogP contribution in [0.2, 0.25) is 0 Å². The van der Waals surface area contributed by atoms with Gasteiger partial charge >= 0.3 is 0 Å². The Morgan fingerprint density at radius 2 is 2.04 bits per heavy atom. The Morgan fingerprint density at radius 1 is 1.30 bits per heavy atom. The molecule has 1 atom stereocenters. The van der Waals surface area contributed by atoms with Gasteiger partial charge in [-0.3, -0.25) is 4.79 Å². The molecule has 1 amide bonds. The fraction of sp³-hybridized carbons (Fsp3) is 0.389. The van der Waals surface area contributed by atoms with Crippen LogP contribution in [0.5, 0.6) is 5.75 Å². The first-order valence-electron chi connectivity index (χ1n) is 7.88. The zero-order chi connectivity index (χ0) is 16.2. The molecule has 23 heavy (non-hydrogen) atoms. The van der Waals surface area contributed by atoms with E-state index in [0.717, 1.165) is 36.1 Å². The topological polar surface area (TPSA) is 58.6 Å². The van der Waals surface area contributed by atoms with Crippen molar-refractivity contribution in [2.75, 3.05) is 13.7 Å². The van der Waals surface area contributed by atoms with Crippen LogP contribution >= 0.6 is 11.3 Å². The minimum absolute atomic E-state index is 0.0861. The summed E-state index contributed by atoms with van der Waals surface area (Å²) in [4.78, 5) is 13.7. The number of nitrogens with one attached hydrogen (secondary N) is 1. The van der Waals surface area contributed by atoms with Gasteiger partial charge in [0.2, 0.25) is 0 Å². The van der Waals surface area contributed by atoms with Gasteiger partial charge in [-0.1, -0.05) is 12.1 Å². The van der Waals surface area contributed by atoms with Crippen LogP contribution in [0.25, 0.3) is 0 Å². The van der Waals surface area contributed by atoms with Crippen LogP contribution in [0.3, 0.4) is 0 Å². The van der Waals surface area contributed by atoms with Crippen LogP contribution in [0, 0.1) is 0 Å². The average molecular weight is 331 g/mol. The van der Waals surface area contributed by atoms with Gasteiger partial charge in [0.1, 0.15) is 5.75 Å². The number of fused-ring (bicyclic) bond motifs is 1. The number of benzene rings is 1. The number of ether oxygens (including phenoxy) is 1. The summed E-state index contributed by atoms with van der Waals surface area (Å²) in [7, 11) is 1.60. The molecule has 1 aromatic carbocycles. The van der Waals surface area contributed by atoms with Crippen LogP contribution in [0.15, 0.2) is 29.6 Å². The van der Waals surface area contributed by atoms with Crippen molar-refractivity contribution in [2.24, 2.45) is 0 Å². The van der Waals surface area contributed by atoms with Crippen molar-refractivity contribution in [2.45, 2.75) is 31.8 Å². The van der Waals surface area contributed by atoms with Crippen LogP contribution in [0.1, 0.15) is 45.3 Å². The Labute approximate surface area is 140 Å². The van der Waals surface area contributed by atoms with Crippen molar-refractivity contribution in [3.8, 4) is 5.75 Å². The van der Waals surface area contributed by atoms with E-state index in [4.69, 9.17) is 4.74 Å². The molecule has 0 saturated carbocycles. The Bertz CT molecular complexity index is 678. The maximum absolute atomic E-state index is 12.4. The third kappa shape index (κ3) is 3.57. The van der Waals surface area contributed by atoms with Crippen molar-refractivity contribution in [1.82, 2.24) is 5.32 Å². The summed E-state index contributed by atoms with van der Waals surface area (Å²) >= 11 is 1.68. The van der Waals surface area contributed by atoms with Crippen LogP contribution < -0.4 is 10.1 Å². The minimum atomic E-state index is -0.723.